The SMILES string of the molecule is CN1CCN(c2cccc3[nH]c(C4CCCCN4C(=O)OC(C)(C)C)nc23)CC1. The van der Waals surface area contributed by atoms with Crippen LogP contribution in [0.4, 0.5) is 10.5 Å². The van der Waals surface area contributed by atoms with Gasteiger partial charge in [0, 0.05) is 32.7 Å². The molecule has 2 aliphatic heterocycles. The zero-order valence-corrected chi connectivity index (χ0v) is 18.1. The Morgan fingerprint density at radius 1 is 1.14 bits per heavy atom. The molecule has 0 saturated carbocycles. The number of para-hydroxylation sites is 1. The molecule has 1 amide bonds. The van der Waals surface area contributed by atoms with Crippen molar-refractivity contribution in [1.29, 1.82) is 0 Å². The van der Waals surface area contributed by atoms with Gasteiger partial charge in [-0.25, -0.2) is 9.78 Å². The third-order valence-electron chi connectivity index (χ3n) is 5.80. The number of likely N-dealkylation sites (N-methyl/N-ethyl adjacent to an activating group) is 1. The number of nitrogens with zero attached hydrogens (tertiary/aromatic N) is 4. The number of fused-ring (bicyclic) bond motifs is 1. The maximum Gasteiger partial charge on any atom is 0.410 e. The van der Waals surface area contributed by atoms with Gasteiger partial charge in [0.05, 0.1) is 17.2 Å². The lowest BCUT2D eigenvalue weighted by Gasteiger charge is -2.35. The predicted octanol–water partition coefficient (Wildman–Crippen LogP) is 3.78. The van der Waals surface area contributed by atoms with Crippen LogP contribution in [0.2, 0.25) is 0 Å². The molecule has 1 atom stereocenters. The fraction of sp³-hybridized carbons (Fsp3) is 0.636. The molecule has 2 saturated heterocycles. The summed E-state index contributed by atoms with van der Waals surface area (Å²) in [6, 6.07) is 6.26. The molecule has 0 radical (unpaired) electrons. The van der Waals surface area contributed by atoms with Crippen LogP contribution in [0.5, 0.6) is 0 Å². The van der Waals surface area contributed by atoms with Crippen molar-refractivity contribution in [2.75, 3.05) is 44.7 Å². The molecule has 7 heteroatoms. The lowest BCUT2D eigenvalue weighted by molar-refractivity contribution is 0.00857. The summed E-state index contributed by atoms with van der Waals surface area (Å²) in [5.41, 5.74) is 2.72. The molecule has 3 heterocycles. The lowest BCUT2D eigenvalue weighted by Crippen LogP contribution is -2.44. The fourth-order valence-corrected chi connectivity index (χ4v) is 4.25. The number of carbonyl (C=O) groups excluding carboxylic acids is 1. The van der Waals surface area contributed by atoms with Gasteiger partial charge in [0.25, 0.3) is 0 Å². The first-order chi connectivity index (χ1) is 13.8. The third-order valence-corrected chi connectivity index (χ3v) is 5.80. The van der Waals surface area contributed by atoms with Crippen molar-refractivity contribution in [2.24, 2.45) is 0 Å². The number of rotatable bonds is 2. The van der Waals surface area contributed by atoms with Gasteiger partial charge in [0.15, 0.2) is 0 Å². The summed E-state index contributed by atoms with van der Waals surface area (Å²) in [5.74, 6) is 0.868. The Labute approximate surface area is 173 Å². The minimum atomic E-state index is -0.498. The Balaban J connectivity index is 1.63. The van der Waals surface area contributed by atoms with E-state index in [9.17, 15) is 4.79 Å². The molecule has 2 aliphatic rings. The van der Waals surface area contributed by atoms with Crippen molar-refractivity contribution in [3.8, 4) is 0 Å². The minimum absolute atomic E-state index is 0.0636. The van der Waals surface area contributed by atoms with Gasteiger partial charge in [0.1, 0.15) is 16.9 Å². The van der Waals surface area contributed by atoms with E-state index in [1.807, 2.05) is 25.7 Å². The topological polar surface area (TPSA) is 64.7 Å². The number of likely N-dealkylation sites (tertiary alicyclic amines) is 1. The van der Waals surface area contributed by atoms with Crippen molar-refractivity contribution in [3.63, 3.8) is 0 Å². The van der Waals surface area contributed by atoms with Crippen molar-refractivity contribution < 1.29 is 9.53 Å². The number of aromatic amines is 1. The summed E-state index contributed by atoms with van der Waals surface area (Å²) in [5, 5.41) is 0. The summed E-state index contributed by atoms with van der Waals surface area (Å²) >= 11 is 0. The molecule has 2 aromatic rings. The molecule has 0 spiro atoms. The summed E-state index contributed by atoms with van der Waals surface area (Å²) in [6.07, 6.45) is 2.75. The molecule has 0 bridgehead atoms. The highest BCUT2D eigenvalue weighted by molar-refractivity contribution is 5.89. The Hall–Kier alpha value is -2.28. The van der Waals surface area contributed by atoms with E-state index >= 15 is 0 Å². The van der Waals surface area contributed by atoms with Crippen LogP contribution in [0, 0.1) is 0 Å². The van der Waals surface area contributed by atoms with Gasteiger partial charge >= 0.3 is 6.09 Å². The fourth-order valence-electron chi connectivity index (χ4n) is 4.25. The van der Waals surface area contributed by atoms with Gasteiger partial charge in [-0.2, -0.15) is 0 Å². The van der Waals surface area contributed by atoms with Gasteiger partial charge in [0.2, 0.25) is 0 Å². The molecule has 0 aliphatic carbocycles. The first kappa shape index (κ1) is 20.0. The molecule has 1 aromatic carbocycles. The molecular formula is C22H33N5O2. The summed E-state index contributed by atoms with van der Waals surface area (Å²) in [7, 11) is 2.17. The molecule has 7 nitrogen and oxygen atoms in total. The number of piperidine rings is 1. The number of aromatic nitrogens is 2. The first-order valence-corrected chi connectivity index (χ1v) is 10.7. The average molecular weight is 400 g/mol. The quantitative estimate of drug-likeness (QED) is 0.833. The van der Waals surface area contributed by atoms with Crippen molar-refractivity contribution in [3.05, 3.63) is 24.0 Å². The van der Waals surface area contributed by atoms with Crippen LogP contribution in [-0.2, 0) is 4.74 Å². The summed E-state index contributed by atoms with van der Waals surface area (Å²) in [6.45, 7) is 10.6. The number of benzene rings is 1. The van der Waals surface area contributed by atoms with Crippen LogP contribution >= 0.6 is 0 Å². The highest BCUT2D eigenvalue weighted by atomic mass is 16.6. The van der Waals surface area contributed by atoms with E-state index in [-0.39, 0.29) is 12.1 Å². The number of nitrogens with one attached hydrogen (secondary N) is 1. The van der Waals surface area contributed by atoms with Crippen LogP contribution in [0.3, 0.4) is 0 Å². The Bertz CT molecular complexity index is 864. The number of piperazine rings is 1. The molecular weight excluding hydrogens is 366 g/mol. The number of H-pyrrole nitrogens is 1. The average Bonchev–Trinajstić information content (AvgIpc) is 3.11. The molecule has 29 heavy (non-hydrogen) atoms. The number of hydrogen-bond acceptors (Lipinski definition) is 5. The molecule has 158 valence electrons. The van der Waals surface area contributed by atoms with E-state index in [4.69, 9.17) is 9.72 Å². The zero-order valence-electron chi connectivity index (χ0n) is 18.1. The van der Waals surface area contributed by atoms with E-state index < -0.39 is 5.60 Å². The van der Waals surface area contributed by atoms with E-state index in [0.717, 1.165) is 62.3 Å². The van der Waals surface area contributed by atoms with Crippen molar-refractivity contribution >= 4 is 22.8 Å². The largest absolute Gasteiger partial charge is 0.444 e. The number of anilines is 1. The van der Waals surface area contributed by atoms with Crippen molar-refractivity contribution in [1.82, 2.24) is 19.8 Å². The second kappa shape index (κ2) is 7.86. The number of amides is 1. The van der Waals surface area contributed by atoms with Gasteiger partial charge in [-0.1, -0.05) is 6.07 Å². The van der Waals surface area contributed by atoms with Crippen LogP contribution in [0.25, 0.3) is 11.0 Å². The predicted molar refractivity (Wildman–Crippen MR) is 115 cm³/mol. The Morgan fingerprint density at radius 2 is 1.90 bits per heavy atom. The Morgan fingerprint density at radius 3 is 2.62 bits per heavy atom. The van der Waals surface area contributed by atoms with E-state index in [1.165, 1.54) is 5.69 Å². The highest BCUT2D eigenvalue weighted by Crippen LogP contribution is 2.34. The maximum atomic E-state index is 12.8. The monoisotopic (exact) mass is 399 g/mol. The van der Waals surface area contributed by atoms with E-state index in [2.05, 4.69) is 40.0 Å². The Kier molecular flexibility index (Phi) is 5.42. The first-order valence-electron chi connectivity index (χ1n) is 10.7. The molecule has 1 N–H and O–H groups in total. The number of carbonyl (C=O) groups is 1. The van der Waals surface area contributed by atoms with Crippen LogP contribution in [0.1, 0.15) is 51.9 Å². The standard InChI is InChI=1S/C22H33N5O2/c1-22(2,3)29-21(28)27-11-6-5-9-18(27)20-23-16-8-7-10-17(19(16)24-20)26-14-12-25(4)13-15-26/h7-8,10,18H,5-6,9,11-15H2,1-4H3,(H,23,24). The van der Waals surface area contributed by atoms with Gasteiger partial charge in [-0.05, 0) is 59.2 Å². The second-order valence-electron chi connectivity index (χ2n) is 9.27. The normalized spacial score (nSPS) is 21.6. The summed E-state index contributed by atoms with van der Waals surface area (Å²) in [4.78, 5) is 27.9. The van der Waals surface area contributed by atoms with Gasteiger partial charge in [-0.15, -0.1) is 0 Å². The van der Waals surface area contributed by atoms with E-state index in [0.29, 0.717) is 6.54 Å². The van der Waals surface area contributed by atoms with Crippen molar-refractivity contribution in [2.45, 2.75) is 51.7 Å². The molecule has 1 unspecified atom stereocenters. The zero-order chi connectivity index (χ0) is 20.6. The molecule has 2 fully saturated rings. The van der Waals surface area contributed by atoms with Crippen LogP contribution in [0.15, 0.2) is 18.2 Å². The van der Waals surface area contributed by atoms with Crippen LogP contribution < -0.4 is 4.90 Å². The van der Waals surface area contributed by atoms with Gasteiger partial charge < -0.3 is 19.5 Å². The number of ether oxygens (including phenoxy) is 1. The number of imidazole rings is 1. The maximum absolute atomic E-state index is 12.8. The number of hydrogen-bond donors (Lipinski definition) is 1. The van der Waals surface area contributed by atoms with Crippen LogP contribution in [-0.4, -0.2) is 71.2 Å². The highest BCUT2D eigenvalue weighted by Gasteiger charge is 2.33. The van der Waals surface area contributed by atoms with E-state index in [1.54, 1.807) is 0 Å². The van der Waals surface area contributed by atoms with Gasteiger partial charge in [-0.3, -0.25) is 4.90 Å². The smallest absolute Gasteiger partial charge is 0.410 e. The second-order valence-corrected chi connectivity index (χ2v) is 9.27. The molecule has 4 rings (SSSR count). The molecule has 1 aromatic heterocycles. The minimum Gasteiger partial charge on any atom is -0.444 e. The lowest BCUT2D eigenvalue weighted by atomic mass is 10.0. The summed E-state index contributed by atoms with van der Waals surface area (Å²) < 4.78 is 5.66. The third kappa shape index (κ3) is 4.34.